The van der Waals surface area contributed by atoms with Gasteiger partial charge in [0.05, 0.1) is 0 Å². The van der Waals surface area contributed by atoms with Gasteiger partial charge in [-0.1, -0.05) is 33.6 Å². The van der Waals surface area contributed by atoms with Crippen LogP contribution >= 0.6 is 27.5 Å². The van der Waals surface area contributed by atoms with Crippen molar-refractivity contribution in [3.8, 4) is 0 Å². The average Bonchev–Trinajstić information content (AvgIpc) is 2.90. The Balaban J connectivity index is 1.76. The third-order valence-electron chi connectivity index (χ3n) is 5.00. The van der Waals surface area contributed by atoms with E-state index < -0.39 is 11.8 Å². The van der Waals surface area contributed by atoms with Gasteiger partial charge < -0.3 is 4.90 Å². The molecule has 0 N–H and O–H groups in total. The number of benzene rings is 1. The number of carbonyl (C=O) groups excluding carboxylic acids is 1. The van der Waals surface area contributed by atoms with Gasteiger partial charge in [0.1, 0.15) is 0 Å². The van der Waals surface area contributed by atoms with Gasteiger partial charge in [0.15, 0.2) is 0 Å². The van der Waals surface area contributed by atoms with Gasteiger partial charge in [-0.05, 0) is 43.4 Å². The summed E-state index contributed by atoms with van der Waals surface area (Å²) in [5, 5.41) is 0.509. The predicted molar refractivity (Wildman–Crippen MR) is 89.9 cm³/mol. The Morgan fingerprint density at radius 3 is 2.83 bits per heavy atom. The molecule has 2 nitrogen and oxygen atoms in total. The fourth-order valence-electron chi connectivity index (χ4n) is 3.71. The second-order valence-corrected chi connectivity index (χ2v) is 7.84. The zero-order valence-electron chi connectivity index (χ0n) is 12.7. The molecule has 126 valence electrons. The maximum Gasteiger partial charge on any atom is 0.251 e. The van der Waals surface area contributed by atoms with Crippen molar-refractivity contribution < 1.29 is 13.6 Å². The van der Waals surface area contributed by atoms with Gasteiger partial charge in [-0.3, -0.25) is 4.79 Å². The monoisotopic (exact) mass is 405 g/mol. The average molecular weight is 407 g/mol. The Morgan fingerprint density at radius 1 is 1.39 bits per heavy atom. The molecule has 1 aliphatic carbocycles. The molecule has 0 aromatic heterocycles. The van der Waals surface area contributed by atoms with Gasteiger partial charge in [-0.15, -0.1) is 0 Å². The van der Waals surface area contributed by atoms with Crippen molar-refractivity contribution in [1.82, 2.24) is 4.90 Å². The lowest BCUT2D eigenvalue weighted by Gasteiger charge is -2.40. The SMILES string of the molecule is O=C1CCCN1C1CCC(F)(F)C(Cc2ccc(Br)cc2Cl)C1. The molecule has 2 aliphatic rings. The van der Waals surface area contributed by atoms with E-state index >= 15 is 0 Å². The predicted octanol–water partition coefficient (Wildman–Crippen LogP) is 5.07. The summed E-state index contributed by atoms with van der Waals surface area (Å²) in [7, 11) is 0. The van der Waals surface area contributed by atoms with Crippen molar-refractivity contribution in [3.05, 3.63) is 33.3 Å². The second kappa shape index (κ2) is 6.67. The van der Waals surface area contributed by atoms with Gasteiger partial charge in [-0.2, -0.15) is 0 Å². The minimum Gasteiger partial charge on any atom is -0.340 e. The second-order valence-electron chi connectivity index (χ2n) is 6.52. The highest BCUT2D eigenvalue weighted by Gasteiger charge is 2.46. The lowest BCUT2D eigenvalue weighted by Crippen LogP contribution is -2.46. The first-order valence-electron chi connectivity index (χ1n) is 7.98. The standard InChI is InChI=1S/C17H19BrClF2NO/c18-13-4-3-11(15(19)10-13)8-12-9-14(5-6-17(12,20)21)22-7-1-2-16(22)23/h3-4,10,12,14H,1-2,5-9H2. The van der Waals surface area contributed by atoms with Crippen LogP contribution in [0.4, 0.5) is 8.78 Å². The summed E-state index contributed by atoms with van der Waals surface area (Å²) in [5.74, 6) is -3.36. The van der Waals surface area contributed by atoms with Crippen molar-refractivity contribution in [1.29, 1.82) is 0 Å². The highest BCUT2D eigenvalue weighted by molar-refractivity contribution is 9.10. The number of halogens is 4. The van der Waals surface area contributed by atoms with Crippen LogP contribution in [0.25, 0.3) is 0 Å². The van der Waals surface area contributed by atoms with Crippen LogP contribution < -0.4 is 0 Å². The van der Waals surface area contributed by atoms with Crippen LogP contribution in [-0.2, 0) is 11.2 Å². The number of hydrogen-bond acceptors (Lipinski definition) is 1. The molecule has 0 bridgehead atoms. The lowest BCUT2D eigenvalue weighted by atomic mass is 9.78. The van der Waals surface area contributed by atoms with E-state index in [0.717, 1.165) is 16.5 Å². The van der Waals surface area contributed by atoms with Crippen molar-refractivity contribution in [2.75, 3.05) is 6.54 Å². The van der Waals surface area contributed by atoms with E-state index in [0.29, 0.717) is 30.8 Å². The van der Waals surface area contributed by atoms with Gasteiger partial charge in [0, 0.05) is 40.8 Å². The van der Waals surface area contributed by atoms with Gasteiger partial charge in [-0.25, -0.2) is 8.78 Å². The van der Waals surface area contributed by atoms with Crippen LogP contribution in [0.1, 0.15) is 37.7 Å². The molecule has 0 spiro atoms. The molecular weight excluding hydrogens is 388 g/mol. The van der Waals surface area contributed by atoms with E-state index in [9.17, 15) is 13.6 Å². The van der Waals surface area contributed by atoms with Crippen LogP contribution in [0.15, 0.2) is 22.7 Å². The molecule has 1 aliphatic heterocycles. The van der Waals surface area contributed by atoms with Crippen LogP contribution in [0, 0.1) is 5.92 Å². The van der Waals surface area contributed by atoms with E-state index in [1.165, 1.54) is 0 Å². The van der Waals surface area contributed by atoms with Crippen molar-refractivity contribution in [2.24, 2.45) is 5.92 Å². The number of rotatable bonds is 3. The minimum atomic E-state index is -2.70. The summed E-state index contributed by atoms with van der Waals surface area (Å²) in [6, 6.07) is 5.31. The Kier molecular flexibility index (Phi) is 4.98. The number of carbonyl (C=O) groups is 1. The molecule has 1 aromatic rings. The van der Waals surface area contributed by atoms with E-state index in [1.807, 2.05) is 11.0 Å². The summed E-state index contributed by atoms with van der Waals surface area (Å²) in [6.07, 6.45) is 2.23. The summed E-state index contributed by atoms with van der Waals surface area (Å²) in [4.78, 5) is 13.7. The van der Waals surface area contributed by atoms with E-state index in [1.54, 1.807) is 12.1 Å². The maximum atomic E-state index is 14.4. The Labute approximate surface area is 148 Å². The first kappa shape index (κ1) is 17.2. The normalized spacial score (nSPS) is 27.5. The van der Waals surface area contributed by atoms with Crippen LogP contribution in [-0.4, -0.2) is 29.3 Å². The molecule has 1 amide bonds. The molecule has 0 radical (unpaired) electrons. The topological polar surface area (TPSA) is 20.3 Å². The summed E-state index contributed by atoms with van der Waals surface area (Å²) in [5.41, 5.74) is 0.743. The number of alkyl halides is 2. The summed E-state index contributed by atoms with van der Waals surface area (Å²) in [6.45, 7) is 0.709. The fraction of sp³-hybridized carbons (Fsp3) is 0.588. The molecule has 3 rings (SSSR count). The number of amides is 1. The summed E-state index contributed by atoms with van der Waals surface area (Å²) < 4.78 is 29.6. The van der Waals surface area contributed by atoms with Crippen molar-refractivity contribution in [2.45, 2.75) is 50.5 Å². The van der Waals surface area contributed by atoms with Crippen LogP contribution in [0.5, 0.6) is 0 Å². The zero-order chi connectivity index (χ0) is 16.6. The molecule has 2 fully saturated rings. The number of likely N-dealkylation sites (tertiary alicyclic amines) is 1. The number of hydrogen-bond donors (Lipinski definition) is 0. The fourth-order valence-corrected chi connectivity index (χ4v) is 4.46. The highest BCUT2D eigenvalue weighted by Crippen LogP contribution is 2.43. The molecular formula is C17H19BrClF2NO. The van der Waals surface area contributed by atoms with Gasteiger partial charge in [0.2, 0.25) is 5.91 Å². The molecule has 23 heavy (non-hydrogen) atoms. The first-order valence-corrected chi connectivity index (χ1v) is 9.15. The first-order chi connectivity index (χ1) is 10.9. The Bertz CT molecular complexity index is 610. The zero-order valence-corrected chi connectivity index (χ0v) is 15.0. The Morgan fingerprint density at radius 2 is 2.17 bits per heavy atom. The third kappa shape index (κ3) is 3.71. The van der Waals surface area contributed by atoms with Crippen LogP contribution in [0.3, 0.4) is 0 Å². The van der Waals surface area contributed by atoms with Gasteiger partial charge in [0.25, 0.3) is 5.92 Å². The van der Waals surface area contributed by atoms with E-state index in [4.69, 9.17) is 11.6 Å². The molecule has 1 heterocycles. The van der Waals surface area contributed by atoms with Crippen molar-refractivity contribution >= 4 is 33.4 Å². The Hall–Kier alpha value is -0.680. The smallest absolute Gasteiger partial charge is 0.251 e. The molecule has 2 atom stereocenters. The lowest BCUT2D eigenvalue weighted by molar-refractivity contribution is -0.136. The molecule has 6 heteroatoms. The third-order valence-corrected chi connectivity index (χ3v) is 5.84. The largest absolute Gasteiger partial charge is 0.340 e. The summed E-state index contributed by atoms with van der Waals surface area (Å²) >= 11 is 9.52. The molecule has 1 saturated carbocycles. The highest BCUT2D eigenvalue weighted by atomic mass is 79.9. The molecule has 2 unspecified atom stereocenters. The minimum absolute atomic E-state index is 0.0520. The number of nitrogens with zero attached hydrogens (tertiary/aromatic N) is 1. The maximum absolute atomic E-state index is 14.4. The molecule has 1 saturated heterocycles. The quantitative estimate of drug-likeness (QED) is 0.686. The van der Waals surface area contributed by atoms with Crippen molar-refractivity contribution in [3.63, 3.8) is 0 Å². The van der Waals surface area contributed by atoms with Gasteiger partial charge >= 0.3 is 0 Å². The van der Waals surface area contributed by atoms with E-state index in [2.05, 4.69) is 15.9 Å². The van der Waals surface area contributed by atoms with E-state index in [-0.39, 0.29) is 24.8 Å². The molecule has 1 aromatic carbocycles. The van der Waals surface area contributed by atoms with Crippen LogP contribution in [0.2, 0.25) is 5.02 Å².